The molecule has 132 valence electrons. The summed E-state index contributed by atoms with van der Waals surface area (Å²) in [5.41, 5.74) is 0.145. The van der Waals surface area contributed by atoms with Gasteiger partial charge in [0.1, 0.15) is 5.75 Å². The summed E-state index contributed by atoms with van der Waals surface area (Å²) in [5.74, 6) is -1.37. The largest absolute Gasteiger partial charge is 0.507 e. The molecular weight excluding hydrogens is 370 g/mol. The highest BCUT2D eigenvalue weighted by Gasteiger charge is 2.25. The maximum atomic E-state index is 11.6. The lowest BCUT2D eigenvalue weighted by molar-refractivity contribution is -0.135. The molecule has 0 saturated carbocycles. The number of nitrogens with zero attached hydrogens (tertiary/aromatic N) is 2. The number of phenols is 1. The van der Waals surface area contributed by atoms with Crippen molar-refractivity contribution >= 4 is 44.9 Å². The fraction of sp³-hybridized carbons (Fsp3) is 0.143. The second kappa shape index (κ2) is 7.49. The number of methoxy groups -OCH3 is 1. The minimum atomic E-state index is -3.43. The Balaban J connectivity index is 2.19. The number of carbonyl (C=O) groups excluding carboxylic acids is 2. The van der Waals surface area contributed by atoms with Crippen LogP contribution in [0.25, 0.3) is 0 Å². The van der Waals surface area contributed by atoms with Gasteiger partial charge in [-0.15, -0.1) is 5.10 Å². The van der Waals surface area contributed by atoms with E-state index in [-0.39, 0.29) is 26.3 Å². The van der Waals surface area contributed by atoms with Crippen LogP contribution < -0.4 is 5.32 Å². The van der Waals surface area contributed by atoms with Crippen molar-refractivity contribution in [2.24, 2.45) is 10.2 Å². The molecule has 2 N–H and O–H groups in total. The second-order valence-corrected chi connectivity index (χ2v) is 7.78. The monoisotopic (exact) mass is 383 g/mol. The van der Waals surface area contributed by atoms with E-state index in [2.05, 4.69) is 20.3 Å². The van der Waals surface area contributed by atoms with E-state index in [1.165, 1.54) is 25.3 Å². The van der Waals surface area contributed by atoms with E-state index in [9.17, 15) is 23.1 Å². The normalized spacial score (nSPS) is 18.1. The first kappa shape index (κ1) is 18.7. The predicted octanol–water partition coefficient (Wildman–Crippen LogP) is 0.406. The molecule has 11 heteroatoms. The molecule has 1 heterocycles. The van der Waals surface area contributed by atoms with Crippen LogP contribution in [-0.2, 0) is 24.2 Å². The molecule has 0 aliphatic carbocycles. The van der Waals surface area contributed by atoms with Crippen LogP contribution >= 0.6 is 11.8 Å². The number of benzene rings is 1. The van der Waals surface area contributed by atoms with Gasteiger partial charge in [-0.1, -0.05) is 0 Å². The van der Waals surface area contributed by atoms with Gasteiger partial charge in [0.15, 0.2) is 15.0 Å². The van der Waals surface area contributed by atoms with Crippen molar-refractivity contribution < 1.29 is 27.9 Å². The average Bonchev–Trinajstić information content (AvgIpc) is 2.87. The van der Waals surface area contributed by atoms with Gasteiger partial charge in [-0.3, -0.25) is 10.1 Å². The highest BCUT2D eigenvalue weighted by molar-refractivity contribution is 8.18. The molecule has 1 aliphatic rings. The number of hydrogen-bond donors (Lipinski definition) is 2. The molecule has 1 aromatic carbocycles. The van der Waals surface area contributed by atoms with E-state index in [1.807, 2.05) is 0 Å². The average molecular weight is 383 g/mol. The number of sulfone groups is 1. The van der Waals surface area contributed by atoms with Crippen molar-refractivity contribution in [3.63, 3.8) is 0 Å². The number of carbonyl (C=O) groups is 2. The van der Waals surface area contributed by atoms with Gasteiger partial charge in [-0.25, -0.2) is 13.2 Å². The molecule has 1 saturated heterocycles. The number of hydrogen-bond acceptors (Lipinski definition) is 9. The molecule has 1 aliphatic heterocycles. The SMILES string of the molecule is COC(=O)/C=C1/S/C(=N\N=Cc2cc(S(C)(=O)=O)ccc2O)NC1=O. The summed E-state index contributed by atoms with van der Waals surface area (Å²) >= 11 is 0.887. The Morgan fingerprint density at radius 3 is 2.76 bits per heavy atom. The quantitative estimate of drug-likeness (QED) is 0.333. The first-order valence-electron chi connectivity index (χ1n) is 6.63. The first-order chi connectivity index (χ1) is 11.7. The van der Waals surface area contributed by atoms with Crippen molar-refractivity contribution in [1.29, 1.82) is 0 Å². The second-order valence-electron chi connectivity index (χ2n) is 4.73. The van der Waals surface area contributed by atoms with Gasteiger partial charge in [-0.05, 0) is 30.0 Å². The zero-order chi connectivity index (χ0) is 18.6. The number of ether oxygens (including phenoxy) is 1. The van der Waals surface area contributed by atoms with E-state index in [4.69, 9.17) is 0 Å². The molecule has 1 aromatic rings. The maximum absolute atomic E-state index is 11.6. The summed E-state index contributed by atoms with van der Waals surface area (Å²) in [6.45, 7) is 0. The minimum absolute atomic E-state index is 0.0197. The number of amidine groups is 1. The van der Waals surface area contributed by atoms with Crippen LogP contribution in [0.1, 0.15) is 5.56 Å². The Bertz CT molecular complexity index is 918. The van der Waals surface area contributed by atoms with Gasteiger partial charge in [0.25, 0.3) is 5.91 Å². The zero-order valence-electron chi connectivity index (χ0n) is 13.1. The van der Waals surface area contributed by atoms with Crippen LogP contribution in [0.5, 0.6) is 5.75 Å². The molecule has 0 aromatic heterocycles. The van der Waals surface area contributed by atoms with Gasteiger partial charge >= 0.3 is 5.97 Å². The number of thioether (sulfide) groups is 1. The number of esters is 1. The van der Waals surface area contributed by atoms with E-state index >= 15 is 0 Å². The third-order valence-electron chi connectivity index (χ3n) is 2.87. The number of phenolic OH excluding ortho intramolecular Hbond substituents is 1. The Morgan fingerprint density at radius 1 is 1.40 bits per heavy atom. The van der Waals surface area contributed by atoms with E-state index < -0.39 is 21.7 Å². The number of rotatable bonds is 4. The molecule has 25 heavy (non-hydrogen) atoms. The molecule has 0 radical (unpaired) electrons. The number of nitrogens with one attached hydrogen (secondary N) is 1. The van der Waals surface area contributed by atoms with E-state index in [1.54, 1.807) is 0 Å². The molecule has 0 unspecified atom stereocenters. The minimum Gasteiger partial charge on any atom is -0.507 e. The lowest BCUT2D eigenvalue weighted by Gasteiger charge is -2.01. The summed E-state index contributed by atoms with van der Waals surface area (Å²) in [5, 5.41) is 19.7. The lowest BCUT2D eigenvalue weighted by Crippen LogP contribution is -2.19. The fourth-order valence-corrected chi connectivity index (χ4v) is 3.05. The van der Waals surface area contributed by atoms with Gasteiger partial charge < -0.3 is 9.84 Å². The highest BCUT2D eigenvalue weighted by atomic mass is 32.2. The maximum Gasteiger partial charge on any atom is 0.331 e. The third kappa shape index (κ3) is 4.90. The van der Waals surface area contributed by atoms with Gasteiger partial charge in [0, 0.05) is 17.9 Å². The third-order valence-corrected chi connectivity index (χ3v) is 4.88. The van der Waals surface area contributed by atoms with Crippen molar-refractivity contribution in [2.45, 2.75) is 4.90 Å². The van der Waals surface area contributed by atoms with Crippen LogP contribution in [0.3, 0.4) is 0 Å². The zero-order valence-corrected chi connectivity index (χ0v) is 14.7. The molecule has 9 nitrogen and oxygen atoms in total. The van der Waals surface area contributed by atoms with Crippen LogP contribution in [0.4, 0.5) is 0 Å². The molecule has 0 spiro atoms. The van der Waals surface area contributed by atoms with Crippen molar-refractivity contribution in [1.82, 2.24) is 5.32 Å². The molecule has 2 rings (SSSR count). The van der Waals surface area contributed by atoms with Crippen LogP contribution in [0.15, 0.2) is 44.3 Å². The summed E-state index contributed by atoms with van der Waals surface area (Å²) < 4.78 is 27.5. The molecule has 1 amide bonds. The summed E-state index contributed by atoms with van der Waals surface area (Å²) in [4.78, 5) is 22.9. The number of amides is 1. The Hall–Kier alpha value is -2.66. The molecular formula is C14H13N3O6S2. The Kier molecular flexibility index (Phi) is 5.59. The van der Waals surface area contributed by atoms with Crippen molar-refractivity contribution in [2.75, 3.05) is 13.4 Å². The van der Waals surface area contributed by atoms with Gasteiger partial charge in [-0.2, -0.15) is 5.10 Å². The molecule has 0 atom stereocenters. The summed E-state index contributed by atoms with van der Waals surface area (Å²) in [6.07, 6.45) is 3.21. The molecule has 0 bridgehead atoms. The van der Waals surface area contributed by atoms with E-state index in [0.717, 1.165) is 30.3 Å². The van der Waals surface area contributed by atoms with Crippen LogP contribution in [0.2, 0.25) is 0 Å². The Morgan fingerprint density at radius 2 is 2.12 bits per heavy atom. The highest BCUT2D eigenvalue weighted by Crippen LogP contribution is 2.24. The van der Waals surface area contributed by atoms with Crippen molar-refractivity contribution in [3.05, 3.63) is 34.7 Å². The predicted molar refractivity (Wildman–Crippen MR) is 92.1 cm³/mol. The van der Waals surface area contributed by atoms with Crippen LogP contribution in [-0.4, -0.2) is 50.1 Å². The fourth-order valence-electron chi connectivity index (χ4n) is 1.65. The Labute approximate surface area is 147 Å². The lowest BCUT2D eigenvalue weighted by atomic mass is 10.2. The smallest absolute Gasteiger partial charge is 0.331 e. The topological polar surface area (TPSA) is 134 Å². The van der Waals surface area contributed by atoms with Gasteiger partial charge in [0.2, 0.25) is 0 Å². The van der Waals surface area contributed by atoms with Crippen LogP contribution in [0, 0.1) is 0 Å². The number of aromatic hydroxyl groups is 1. The van der Waals surface area contributed by atoms with Crippen molar-refractivity contribution in [3.8, 4) is 5.75 Å². The van der Waals surface area contributed by atoms with Gasteiger partial charge in [0.05, 0.1) is 23.1 Å². The summed E-state index contributed by atoms with van der Waals surface area (Å²) in [6, 6.07) is 3.75. The molecule has 1 fully saturated rings. The van der Waals surface area contributed by atoms with E-state index in [0.29, 0.717) is 0 Å². The summed E-state index contributed by atoms with van der Waals surface area (Å²) in [7, 11) is -2.24. The first-order valence-corrected chi connectivity index (χ1v) is 9.34. The standard InChI is InChI=1S/C14H13N3O6S2/c1-23-12(19)6-11-13(20)16-14(24-11)17-15-7-8-5-9(25(2,21)22)3-4-10(8)18/h3-7,18H,1-2H3,(H,16,17,20)/b11-6+,15-7?.